The molecular formula is C15H14N2O3. The van der Waals surface area contributed by atoms with Gasteiger partial charge in [-0.1, -0.05) is 24.3 Å². The summed E-state index contributed by atoms with van der Waals surface area (Å²) >= 11 is 0. The number of phenols is 1. The molecule has 2 aromatic carbocycles. The molecule has 1 aliphatic rings. The van der Waals surface area contributed by atoms with Crippen LogP contribution in [0.3, 0.4) is 0 Å². The molecule has 2 N–H and O–H groups in total. The molecule has 1 unspecified atom stereocenters. The summed E-state index contributed by atoms with van der Waals surface area (Å²) in [5, 5.41) is 24.0. The van der Waals surface area contributed by atoms with Crippen LogP contribution in [0.15, 0.2) is 42.5 Å². The summed E-state index contributed by atoms with van der Waals surface area (Å²) in [7, 11) is 0. The number of fused-ring (bicyclic) bond motifs is 1. The molecule has 0 spiro atoms. The highest BCUT2D eigenvalue weighted by Crippen LogP contribution is 2.34. The summed E-state index contributed by atoms with van der Waals surface area (Å²) < 4.78 is 0. The van der Waals surface area contributed by atoms with Crippen LogP contribution >= 0.6 is 0 Å². The third-order valence-electron chi connectivity index (χ3n) is 3.62. The van der Waals surface area contributed by atoms with Gasteiger partial charge in [0, 0.05) is 12.6 Å². The van der Waals surface area contributed by atoms with Crippen molar-refractivity contribution >= 4 is 5.69 Å². The molecule has 5 nitrogen and oxygen atoms in total. The van der Waals surface area contributed by atoms with Crippen molar-refractivity contribution in [2.24, 2.45) is 0 Å². The number of phenolic OH excluding ortho intramolecular Hbond substituents is 1. The van der Waals surface area contributed by atoms with Gasteiger partial charge in [-0.25, -0.2) is 0 Å². The molecule has 0 fully saturated rings. The lowest BCUT2D eigenvalue weighted by Crippen LogP contribution is -2.30. The first-order valence-electron chi connectivity index (χ1n) is 6.45. The van der Waals surface area contributed by atoms with Crippen LogP contribution in [0.2, 0.25) is 0 Å². The normalized spacial score (nSPS) is 17.5. The van der Waals surface area contributed by atoms with E-state index in [9.17, 15) is 15.2 Å². The zero-order valence-electron chi connectivity index (χ0n) is 10.7. The van der Waals surface area contributed by atoms with E-state index in [0.717, 1.165) is 24.1 Å². The number of nitrogens with one attached hydrogen (secondary N) is 1. The number of benzene rings is 2. The van der Waals surface area contributed by atoms with Crippen molar-refractivity contribution in [1.29, 1.82) is 0 Å². The summed E-state index contributed by atoms with van der Waals surface area (Å²) in [6, 6.07) is 11.7. The van der Waals surface area contributed by atoms with Gasteiger partial charge in [0.25, 0.3) is 5.69 Å². The second-order valence-electron chi connectivity index (χ2n) is 4.84. The van der Waals surface area contributed by atoms with Gasteiger partial charge in [0.05, 0.1) is 16.5 Å². The molecule has 102 valence electrons. The van der Waals surface area contributed by atoms with E-state index in [1.165, 1.54) is 6.07 Å². The fraction of sp³-hybridized carbons (Fsp3) is 0.200. The van der Waals surface area contributed by atoms with Gasteiger partial charge in [-0.2, -0.15) is 0 Å². The van der Waals surface area contributed by atoms with Crippen LogP contribution in [0.4, 0.5) is 5.69 Å². The van der Waals surface area contributed by atoms with E-state index in [4.69, 9.17) is 0 Å². The van der Waals surface area contributed by atoms with E-state index in [0.29, 0.717) is 5.56 Å². The van der Waals surface area contributed by atoms with E-state index < -0.39 is 0 Å². The van der Waals surface area contributed by atoms with Gasteiger partial charge in [0.1, 0.15) is 5.75 Å². The first-order chi connectivity index (χ1) is 9.66. The smallest absolute Gasteiger partial charge is 0.274 e. The number of nitrogens with zero attached hydrogens (tertiary/aromatic N) is 1. The van der Waals surface area contributed by atoms with Crippen LogP contribution in [0, 0.1) is 10.1 Å². The Bertz CT molecular complexity index is 670. The molecule has 5 heteroatoms. The van der Waals surface area contributed by atoms with Gasteiger partial charge >= 0.3 is 0 Å². The molecule has 2 aromatic rings. The molecule has 0 saturated heterocycles. The Kier molecular flexibility index (Phi) is 3.12. The molecule has 0 saturated carbocycles. The van der Waals surface area contributed by atoms with E-state index in [2.05, 4.69) is 5.32 Å². The molecule has 3 rings (SSSR count). The average molecular weight is 270 g/mol. The van der Waals surface area contributed by atoms with Gasteiger partial charge in [-0.3, -0.25) is 10.1 Å². The van der Waals surface area contributed by atoms with Gasteiger partial charge in [-0.05, 0) is 29.7 Å². The average Bonchev–Trinajstić information content (AvgIpc) is 2.46. The maximum Gasteiger partial charge on any atom is 0.274 e. The second kappa shape index (κ2) is 4.94. The van der Waals surface area contributed by atoms with Crippen molar-refractivity contribution < 1.29 is 10.0 Å². The fourth-order valence-electron chi connectivity index (χ4n) is 2.73. The van der Waals surface area contributed by atoms with Crippen molar-refractivity contribution in [2.45, 2.75) is 12.5 Å². The molecule has 0 aliphatic carbocycles. The number of rotatable bonds is 2. The lowest BCUT2D eigenvalue weighted by Gasteiger charge is -2.27. The van der Waals surface area contributed by atoms with Crippen LogP contribution in [0.25, 0.3) is 0 Å². The molecule has 1 heterocycles. The van der Waals surface area contributed by atoms with Crippen molar-refractivity contribution in [3.8, 4) is 5.75 Å². The van der Waals surface area contributed by atoms with Crippen molar-refractivity contribution in [2.75, 3.05) is 6.54 Å². The quantitative estimate of drug-likeness (QED) is 0.649. The van der Waals surface area contributed by atoms with Gasteiger partial charge in [0.2, 0.25) is 0 Å². The number of nitro benzene ring substituents is 1. The summed E-state index contributed by atoms with van der Waals surface area (Å²) in [6.07, 6.45) is 0.806. The first-order valence-corrected chi connectivity index (χ1v) is 6.45. The predicted octanol–water partition coefficient (Wildman–Crippen LogP) is 2.54. The minimum Gasteiger partial charge on any atom is -0.508 e. The molecule has 1 aliphatic heterocycles. The molecule has 20 heavy (non-hydrogen) atoms. The standard InChI is InChI=1S/C15H14N2O3/c18-11-5-6-12-10(9-11)7-8-16-15(12)13-3-1-2-4-14(13)17(19)20/h1-6,9,15-16,18H,7-8H2. The first kappa shape index (κ1) is 12.6. The van der Waals surface area contributed by atoms with Gasteiger partial charge in [-0.15, -0.1) is 0 Å². The molecule has 0 radical (unpaired) electrons. The van der Waals surface area contributed by atoms with Crippen LogP contribution in [0.1, 0.15) is 22.7 Å². The van der Waals surface area contributed by atoms with Crippen LogP contribution in [-0.2, 0) is 6.42 Å². The number of para-hydroxylation sites is 1. The van der Waals surface area contributed by atoms with E-state index >= 15 is 0 Å². The molecule has 0 amide bonds. The highest BCUT2D eigenvalue weighted by Gasteiger charge is 2.27. The van der Waals surface area contributed by atoms with Gasteiger partial charge in [0.15, 0.2) is 0 Å². The summed E-state index contributed by atoms with van der Waals surface area (Å²) in [6.45, 7) is 0.729. The third kappa shape index (κ3) is 2.12. The van der Waals surface area contributed by atoms with Crippen molar-refractivity contribution in [3.63, 3.8) is 0 Å². The minimum atomic E-state index is -0.355. The third-order valence-corrected chi connectivity index (χ3v) is 3.62. The highest BCUT2D eigenvalue weighted by atomic mass is 16.6. The Balaban J connectivity index is 2.12. The topological polar surface area (TPSA) is 75.4 Å². The molecule has 0 bridgehead atoms. The van der Waals surface area contributed by atoms with Crippen LogP contribution in [0.5, 0.6) is 5.75 Å². The maximum atomic E-state index is 11.2. The highest BCUT2D eigenvalue weighted by molar-refractivity contribution is 5.50. The Morgan fingerprint density at radius 1 is 1.20 bits per heavy atom. The van der Waals surface area contributed by atoms with Crippen LogP contribution in [-0.4, -0.2) is 16.6 Å². The fourth-order valence-corrected chi connectivity index (χ4v) is 2.73. The Morgan fingerprint density at radius 2 is 2.00 bits per heavy atom. The number of aromatic hydroxyl groups is 1. The zero-order chi connectivity index (χ0) is 14.1. The zero-order valence-corrected chi connectivity index (χ0v) is 10.7. The predicted molar refractivity (Wildman–Crippen MR) is 74.8 cm³/mol. The van der Waals surface area contributed by atoms with Gasteiger partial charge < -0.3 is 10.4 Å². The number of nitro groups is 1. The minimum absolute atomic E-state index is 0.117. The summed E-state index contributed by atoms with van der Waals surface area (Å²) in [5.41, 5.74) is 2.80. The van der Waals surface area contributed by atoms with Crippen molar-refractivity contribution in [3.05, 3.63) is 69.3 Å². The number of hydrogen-bond acceptors (Lipinski definition) is 4. The van der Waals surface area contributed by atoms with Crippen molar-refractivity contribution in [1.82, 2.24) is 5.32 Å². The maximum absolute atomic E-state index is 11.2. The van der Waals surface area contributed by atoms with E-state index in [1.54, 1.807) is 30.3 Å². The Labute approximate surface area is 116 Å². The number of hydrogen-bond donors (Lipinski definition) is 2. The SMILES string of the molecule is O=[N+]([O-])c1ccccc1C1NCCc2cc(O)ccc21. The molecule has 0 aromatic heterocycles. The molecule has 1 atom stereocenters. The monoisotopic (exact) mass is 270 g/mol. The Morgan fingerprint density at radius 3 is 2.80 bits per heavy atom. The molecular weight excluding hydrogens is 256 g/mol. The summed E-state index contributed by atoms with van der Waals surface area (Å²) in [4.78, 5) is 10.8. The van der Waals surface area contributed by atoms with Crippen LogP contribution < -0.4 is 5.32 Å². The lowest BCUT2D eigenvalue weighted by molar-refractivity contribution is -0.385. The largest absolute Gasteiger partial charge is 0.508 e. The summed E-state index contributed by atoms with van der Waals surface area (Å²) in [5.74, 6) is 0.229. The second-order valence-corrected chi connectivity index (χ2v) is 4.84. The van der Waals surface area contributed by atoms with E-state index in [-0.39, 0.29) is 22.4 Å². The van der Waals surface area contributed by atoms with E-state index in [1.807, 2.05) is 6.07 Å². The lowest BCUT2D eigenvalue weighted by atomic mass is 9.89. The Hall–Kier alpha value is -2.40.